The monoisotopic (exact) mass is 310 g/mol. The summed E-state index contributed by atoms with van der Waals surface area (Å²) >= 11 is 6.05. The second-order valence-corrected chi connectivity index (χ2v) is 5.97. The van der Waals surface area contributed by atoms with E-state index in [9.17, 15) is 4.79 Å². The molecule has 1 atom stereocenters. The zero-order chi connectivity index (χ0) is 15.2. The number of anilines is 1. The minimum absolute atomic E-state index is 0.0226. The second-order valence-electron chi connectivity index (χ2n) is 5.56. The molecule has 0 spiro atoms. The van der Waals surface area contributed by atoms with Gasteiger partial charge in [-0.2, -0.15) is 0 Å². The predicted molar refractivity (Wildman–Crippen MR) is 85.9 cm³/mol. The number of amides is 1. The number of benzene rings is 1. The van der Waals surface area contributed by atoms with E-state index in [2.05, 4.69) is 10.2 Å². The van der Waals surface area contributed by atoms with Gasteiger partial charge in [0.25, 0.3) is 0 Å². The van der Waals surface area contributed by atoms with E-state index in [4.69, 9.17) is 16.3 Å². The van der Waals surface area contributed by atoms with Gasteiger partial charge < -0.3 is 15.0 Å². The van der Waals surface area contributed by atoms with Gasteiger partial charge in [0.2, 0.25) is 5.91 Å². The number of methoxy groups -OCH3 is 1. The van der Waals surface area contributed by atoms with Crippen molar-refractivity contribution in [2.75, 3.05) is 32.1 Å². The molecule has 1 fully saturated rings. The van der Waals surface area contributed by atoms with E-state index in [1.165, 1.54) is 0 Å². The van der Waals surface area contributed by atoms with Crippen molar-refractivity contribution in [2.24, 2.45) is 0 Å². The number of hydrogen-bond acceptors (Lipinski definition) is 3. The standard InChI is InChI=1S/C16H23ClN2O2/c1-12-5-6-13(10-15(12)17)18-16(20)7-9-19-8-3-4-14(11-19)21-2/h5-6,10,14H,3-4,7-9,11H2,1-2H3,(H,18,20). The molecule has 1 aliphatic heterocycles. The summed E-state index contributed by atoms with van der Waals surface area (Å²) in [7, 11) is 1.75. The van der Waals surface area contributed by atoms with Crippen LogP contribution in [-0.2, 0) is 9.53 Å². The van der Waals surface area contributed by atoms with Crippen molar-refractivity contribution in [1.82, 2.24) is 4.90 Å². The van der Waals surface area contributed by atoms with Crippen LogP contribution in [0.1, 0.15) is 24.8 Å². The van der Waals surface area contributed by atoms with Crippen LogP contribution in [-0.4, -0.2) is 43.7 Å². The largest absolute Gasteiger partial charge is 0.380 e. The smallest absolute Gasteiger partial charge is 0.225 e. The van der Waals surface area contributed by atoms with Crippen LogP contribution >= 0.6 is 11.6 Å². The highest BCUT2D eigenvalue weighted by molar-refractivity contribution is 6.31. The molecular weight excluding hydrogens is 288 g/mol. The summed E-state index contributed by atoms with van der Waals surface area (Å²) < 4.78 is 5.39. The molecule has 1 saturated heterocycles. The molecular formula is C16H23ClN2O2. The number of piperidine rings is 1. The van der Waals surface area contributed by atoms with E-state index in [1.54, 1.807) is 13.2 Å². The van der Waals surface area contributed by atoms with Crippen LogP contribution in [0, 0.1) is 6.92 Å². The van der Waals surface area contributed by atoms with E-state index >= 15 is 0 Å². The van der Waals surface area contributed by atoms with E-state index in [1.807, 2.05) is 19.1 Å². The highest BCUT2D eigenvalue weighted by Crippen LogP contribution is 2.20. The van der Waals surface area contributed by atoms with Crippen LogP contribution in [0.2, 0.25) is 5.02 Å². The Morgan fingerprint density at radius 3 is 3.05 bits per heavy atom. The van der Waals surface area contributed by atoms with Gasteiger partial charge in [0.1, 0.15) is 0 Å². The van der Waals surface area contributed by atoms with Crippen molar-refractivity contribution < 1.29 is 9.53 Å². The topological polar surface area (TPSA) is 41.6 Å². The first-order valence-electron chi connectivity index (χ1n) is 7.39. The van der Waals surface area contributed by atoms with Gasteiger partial charge in [-0.1, -0.05) is 17.7 Å². The van der Waals surface area contributed by atoms with E-state index in [0.717, 1.165) is 43.7 Å². The number of ether oxygens (including phenoxy) is 1. The van der Waals surface area contributed by atoms with Crippen LogP contribution < -0.4 is 5.32 Å². The number of aryl methyl sites for hydroxylation is 1. The molecule has 2 rings (SSSR count). The fourth-order valence-electron chi connectivity index (χ4n) is 2.56. The molecule has 1 N–H and O–H groups in total. The number of carbonyl (C=O) groups is 1. The minimum Gasteiger partial charge on any atom is -0.380 e. The van der Waals surface area contributed by atoms with Crippen molar-refractivity contribution in [3.8, 4) is 0 Å². The van der Waals surface area contributed by atoms with Crippen LogP contribution in [0.5, 0.6) is 0 Å². The summed E-state index contributed by atoms with van der Waals surface area (Å²) in [6.45, 7) is 4.67. The molecule has 1 aromatic rings. The van der Waals surface area contributed by atoms with E-state index in [0.29, 0.717) is 17.5 Å². The molecule has 0 radical (unpaired) electrons. The zero-order valence-corrected chi connectivity index (χ0v) is 13.4. The quantitative estimate of drug-likeness (QED) is 0.908. The number of carbonyl (C=O) groups excluding carboxylic acids is 1. The molecule has 1 heterocycles. The van der Waals surface area contributed by atoms with Crippen LogP contribution in [0.4, 0.5) is 5.69 Å². The summed E-state index contributed by atoms with van der Waals surface area (Å²) in [5.74, 6) is 0.0226. The van der Waals surface area contributed by atoms with Gasteiger partial charge in [0.05, 0.1) is 6.10 Å². The first-order chi connectivity index (χ1) is 10.1. The fourth-order valence-corrected chi connectivity index (χ4v) is 2.74. The van der Waals surface area contributed by atoms with Crippen molar-refractivity contribution in [1.29, 1.82) is 0 Å². The van der Waals surface area contributed by atoms with Crippen molar-refractivity contribution in [3.63, 3.8) is 0 Å². The highest BCUT2D eigenvalue weighted by atomic mass is 35.5. The lowest BCUT2D eigenvalue weighted by atomic mass is 10.1. The van der Waals surface area contributed by atoms with Gasteiger partial charge in [-0.25, -0.2) is 0 Å². The Hall–Kier alpha value is -1.10. The van der Waals surface area contributed by atoms with Crippen LogP contribution in [0.25, 0.3) is 0 Å². The molecule has 0 saturated carbocycles. The number of hydrogen-bond donors (Lipinski definition) is 1. The van der Waals surface area contributed by atoms with Crippen molar-refractivity contribution in [3.05, 3.63) is 28.8 Å². The Labute approximate surface area is 131 Å². The molecule has 1 aliphatic rings. The van der Waals surface area contributed by atoms with Gasteiger partial charge in [-0.05, 0) is 44.0 Å². The second kappa shape index (κ2) is 7.78. The molecule has 1 aromatic carbocycles. The first kappa shape index (κ1) is 16.3. The summed E-state index contributed by atoms with van der Waals surface area (Å²) in [4.78, 5) is 14.3. The maximum absolute atomic E-state index is 12.0. The Morgan fingerprint density at radius 2 is 2.33 bits per heavy atom. The van der Waals surface area contributed by atoms with E-state index in [-0.39, 0.29) is 5.91 Å². The highest BCUT2D eigenvalue weighted by Gasteiger charge is 2.19. The first-order valence-corrected chi connectivity index (χ1v) is 7.77. The summed E-state index contributed by atoms with van der Waals surface area (Å²) in [6.07, 6.45) is 3.04. The Kier molecular flexibility index (Phi) is 6.03. The minimum atomic E-state index is 0.0226. The molecule has 116 valence electrons. The van der Waals surface area contributed by atoms with E-state index < -0.39 is 0 Å². The molecule has 0 bridgehead atoms. The number of halogens is 1. The van der Waals surface area contributed by atoms with Crippen LogP contribution in [0.15, 0.2) is 18.2 Å². The SMILES string of the molecule is COC1CCCN(CCC(=O)Nc2ccc(C)c(Cl)c2)C1. The number of rotatable bonds is 5. The molecule has 1 unspecified atom stereocenters. The maximum Gasteiger partial charge on any atom is 0.225 e. The zero-order valence-electron chi connectivity index (χ0n) is 12.7. The van der Waals surface area contributed by atoms with Crippen LogP contribution in [0.3, 0.4) is 0 Å². The third-order valence-electron chi connectivity index (χ3n) is 3.91. The molecule has 0 aliphatic carbocycles. The van der Waals surface area contributed by atoms with Gasteiger partial charge in [0, 0.05) is 37.3 Å². The maximum atomic E-state index is 12.0. The number of nitrogens with one attached hydrogen (secondary N) is 1. The summed E-state index contributed by atoms with van der Waals surface area (Å²) in [6, 6.07) is 5.57. The molecule has 4 nitrogen and oxygen atoms in total. The fraction of sp³-hybridized carbons (Fsp3) is 0.562. The average Bonchev–Trinajstić information content (AvgIpc) is 2.49. The lowest BCUT2D eigenvalue weighted by Gasteiger charge is -2.31. The Balaban J connectivity index is 1.78. The third kappa shape index (κ3) is 4.99. The van der Waals surface area contributed by atoms with Gasteiger partial charge >= 0.3 is 0 Å². The normalized spacial score (nSPS) is 19.5. The lowest BCUT2D eigenvalue weighted by Crippen LogP contribution is -2.40. The Morgan fingerprint density at radius 1 is 1.52 bits per heavy atom. The number of likely N-dealkylation sites (tertiary alicyclic amines) is 1. The van der Waals surface area contributed by atoms with Gasteiger partial charge in [-0.15, -0.1) is 0 Å². The van der Waals surface area contributed by atoms with Crippen molar-refractivity contribution >= 4 is 23.2 Å². The molecule has 21 heavy (non-hydrogen) atoms. The van der Waals surface area contributed by atoms with Crippen molar-refractivity contribution in [2.45, 2.75) is 32.3 Å². The molecule has 1 amide bonds. The molecule has 5 heteroatoms. The number of nitrogens with zero attached hydrogens (tertiary/aromatic N) is 1. The molecule has 0 aromatic heterocycles. The summed E-state index contributed by atoms with van der Waals surface area (Å²) in [5, 5.41) is 3.57. The summed E-state index contributed by atoms with van der Waals surface area (Å²) in [5.41, 5.74) is 1.76. The lowest BCUT2D eigenvalue weighted by molar-refractivity contribution is -0.116. The average molecular weight is 311 g/mol. The predicted octanol–water partition coefficient (Wildman–Crippen LogP) is 3.09. The third-order valence-corrected chi connectivity index (χ3v) is 4.31. The van der Waals surface area contributed by atoms with Gasteiger partial charge in [0.15, 0.2) is 0 Å². The Bertz CT molecular complexity index is 493. The van der Waals surface area contributed by atoms with Gasteiger partial charge in [-0.3, -0.25) is 4.79 Å².